The maximum atomic E-state index is 12.9. The molecule has 1 aromatic carbocycles. The van der Waals surface area contributed by atoms with Gasteiger partial charge in [-0.2, -0.15) is 5.26 Å². The topological polar surface area (TPSA) is 52.9 Å². The van der Waals surface area contributed by atoms with Crippen LogP contribution < -0.4 is 5.32 Å². The first-order valence-corrected chi connectivity index (χ1v) is 5.10. The van der Waals surface area contributed by atoms with E-state index >= 15 is 0 Å². The van der Waals surface area contributed by atoms with Crippen molar-refractivity contribution in [1.29, 1.82) is 5.26 Å². The Morgan fingerprint density at radius 2 is 1.94 bits per heavy atom. The standard InChI is InChI=1S/C12H12F2N2O/c1-3-12(2,7-15)16-11(17)8-4-9(13)6-10(14)5-8/h4-6H,3H2,1-2H3,(H,16,17). The molecule has 1 rings (SSSR count). The number of hydrogen-bond donors (Lipinski definition) is 1. The van der Waals surface area contributed by atoms with E-state index in [4.69, 9.17) is 5.26 Å². The minimum absolute atomic E-state index is 0.141. The first kappa shape index (κ1) is 13.1. The number of carbonyl (C=O) groups is 1. The zero-order valence-corrected chi connectivity index (χ0v) is 9.55. The van der Waals surface area contributed by atoms with Crippen LogP contribution in [0.5, 0.6) is 0 Å². The van der Waals surface area contributed by atoms with Crippen molar-refractivity contribution >= 4 is 5.91 Å². The summed E-state index contributed by atoms with van der Waals surface area (Å²) in [5, 5.41) is 11.3. The summed E-state index contributed by atoms with van der Waals surface area (Å²) in [6.07, 6.45) is 0.396. The van der Waals surface area contributed by atoms with Gasteiger partial charge in [0.15, 0.2) is 0 Å². The monoisotopic (exact) mass is 238 g/mol. The van der Waals surface area contributed by atoms with Crippen LogP contribution in [0.4, 0.5) is 8.78 Å². The number of rotatable bonds is 3. The van der Waals surface area contributed by atoms with Crippen molar-refractivity contribution in [2.24, 2.45) is 0 Å². The quantitative estimate of drug-likeness (QED) is 0.879. The molecule has 1 N–H and O–H groups in total. The molecule has 5 heteroatoms. The molecule has 0 spiro atoms. The van der Waals surface area contributed by atoms with Crippen LogP contribution in [0.1, 0.15) is 30.6 Å². The highest BCUT2D eigenvalue weighted by Gasteiger charge is 2.24. The van der Waals surface area contributed by atoms with E-state index in [0.29, 0.717) is 12.5 Å². The molecular formula is C12H12F2N2O. The Morgan fingerprint density at radius 3 is 2.35 bits per heavy atom. The van der Waals surface area contributed by atoms with Crippen molar-refractivity contribution in [1.82, 2.24) is 5.32 Å². The van der Waals surface area contributed by atoms with Gasteiger partial charge in [-0.3, -0.25) is 4.79 Å². The number of benzene rings is 1. The fourth-order valence-electron chi connectivity index (χ4n) is 1.20. The van der Waals surface area contributed by atoms with Gasteiger partial charge >= 0.3 is 0 Å². The summed E-state index contributed by atoms with van der Waals surface area (Å²) < 4.78 is 25.8. The summed E-state index contributed by atoms with van der Waals surface area (Å²) in [4.78, 5) is 11.7. The second-order valence-corrected chi connectivity index (χ2v) is 3.91. The molecule has 1 amide bonds. The summed E-state index contributed by atoms with van der Waals surface area (Å²) >= 11 is 0. The third-order valence-corrected chi connectivity index (χ3v) is 2.47. The van der Waals surface area contributed by atoms with Crippen molar-refractivity contribution in [2.75, 3.05) is 0 Å². The molecule has 1 aromatic rings. The molecule has 3 nitrogen and oxygen atoms in total. The Bertz CT molecular complexity index is 462. The normalized spacial score (nSPS) is 13.6. The third kappa shape index (κ3) is 3.25. The van der Waals surface area contributed by atoms with Crippen LogP contribution in [0.3, 0.4) is 0 Å². The molecule has 0 fully saturated rings. The van der Waals surface area contributed by atoms with Crippen LogP contribution >= 0.6 is 0 Å². The van der Waals surface area contributed by atoms with Crippen molar-refractivity contribution in [3.8, 4) is 6.07 Å². The van der Waals surface area contributed by atoms with E-state index in [1.54, 1.807) is 13.8 Å². The van der Waals surface area contributed by atoms with Crippen molar-refractivity contribution < 1.29 is 13.6 Å². The summed E-state index contributed by atoms with van der Waals surface area (Å²) in [6.45, 7) is 3.27. The second kappa shape index (κ2) is 4.91. The summed E-state index contributed by atoms with van der Waals surface area (Å²) in [5.41, 5.74) is -1.18. The van der Waals surface area contributed by atoms with Gasteiger partial charge in [-0.1, -0.05) is 6.92 Å². The number of carbonyl (C=O) groups excluding carboxylic acids is 1. The van der Waals surface area contributed by atoms with Crippen molar-refractivity contribution in [3.05, 3.63) is 35.4 Å². The number of nitriles is 1. The predicted molar refractivity (Wildman–Crippen MR) is 58.1 cm³/mol. The van der Waals surface area contributed by atoms with Gasteiger partial charge in [-0.25, -0.2) is 8.78 Å². The molecule has 1 atom stereocenters. The first-order chi connectivity index (χ1) is 7.90. The van der Waals surface area contributed by atoms with E-state index in [9.17, 15) is 13.6 Å². The Labute approximate surface area is 98.1 Å². The zero-order chi connectivity index (χ0) is 13.1. The molecule has 0 aliphatic heterocycles. The highest BCUT2D eigenvalue weighted by Crippen LogP contribution is 2.12. The van der Waals surface area contributed by atoms with Crippen LogP contribution in [0.2, 0.25) is 0 Å². The van der Waals surface area contributed by atoms with E-state index in [2.05, 4.69) is 5.32 Å². The van der Waals surface area contributed by atoms with Gasteiger partial charge < -0.3 is 5.32 Å². The van der Waals surface area contributed by atoms with Gasteiger partial charge in [0.1, 0.15) is 17.2 Å². The molecule has 0 aromatic heterocycles. The molecule has 0 aliphatic carbocycles. The molecule has 0 heterocycles. The van der Waals surface area contributed by atoms with Crippen LogP contribution in [0.25, 0.3) is 0 Å². The fourth-order valence-corrected chi connectivity index (χ4v) is 1.20. The van der Waals surface area contributed by atoms with Gasteiger partial charge in [0, 0.05) is 11.6 Å². The minimum atomic E-state index is -1.04. The van der Waals surface area contributed by atoms with E-state index in [1.807, 2.05) is 6.07 Å². The van der Waals surface area contributed by atoms with Crippen LogP contribution in [-0.2, 0) is 0 Å². The van der Waals surface area contributed by atoms with E-state index in [0.717, 1.165) is 12.1 Å². The molecule has 0 radical (unpaired) electrons. The Kier molecular flexibility index (Phi) is 3.79. The average Bonchev–Trinajstić information content (AvgIpc) is 2.27. The molecular weight excluding hydrogens is 226 g/mol. The largest absolute Gasteiger partial charge is 0.334 e. The van der Waals surface area contributed by atoms with Crippen LogP contribution in [-0.4, -0.2) is 11.4 Å². The molecule has 17 heavy (non-hydrogen) atoms. The number of amides is 1. The maximum Gasteiger partial charge on any atom is 0.252 e. The minimum Gasteiger partial charge on any atom is -0.334 e. The van der Waals surface area contributed by atoms with Gasteiger partial charge in [0.25, 0.3) is 5.91 Å². The number of halogens is 2. The predicted octanol–water partition coefficient (Wildman–Crippen LogP) is 2.39. The number of nitrogens with zero attached hydrogens (tertiary/aromatic N) is 1. The molecule has 0 saturated carbocycles. The summed E-state index contributed by atoms with van der Waals surface area (Å²) in [6, 6.07) is 4.46. The maximum absolute atomic E-state index is 12.9. The summed E-state index contributed by atoms with van der Waals surface area (Å²) in [7, 11) is 0. The van der Waals surface area contributed by atoms with E-state index in [1.165, 1.54) is 0 Å². The molecule has 0 aliphatic rings. The lowest BCUT2D eigenvalue weighted by atomic mass is 10.0. The molecule has 1 unspecified atom stereocenters. The van der Waals surface area contributed by atoms with Gasteiger partial charge in [0.05, 0.1) is 6.07 Å². The Hall–Kier alpha value is -1.96. The number of hydrogen-bond acceptors (Lipinski definition) is 2. The van der Waals surface area contributed by atoms with Crippen LogP contribution in [0.15, 0.2) is 18.2 Å². The van der Waals surface area contributed by atoms with E-state index in [-0.39, 0.29) is 5.56 Å². The fraction of sp³-hybridized carbons (Fsp3) is 0.333. The lowest BCUT2D eigenvalue weighted by molar-refractivity contribution is 0.0922. The van der Waals surface area contributed by atoms with Gasteiger partial charge in [-0.15, -0.1) is 0 Å². The van der Waals surface area contributed by atoms with Gasteiger partial charge in [-0.05, 0) is 25.5 Å². The zero-order valence-electron chi connectivity index (χ0n) is 9.55. The molecule has 0 bridgehead atoms. The van der Waals surface area contributed by atoms with E-state index < -0.39 is 23.1 Å². The first-order valence-electron chi connectivity index (χ1n) is 5.10. The number of nitrogens with one attached hydrogen (secondary N) is 1. The summed E-state index contributed by atoms with van der Waals surface area (Å²) in [5.74, 6) is -2.33. The molecule has 0 saturated heterocycles. The highest BCUT2D eigenvalue weighted by molar-refractivity contribution is 5.94. The molecule has 90 valence electrons. The second-order valence-electron chi connectivity index (χ2n) is 3.91. The van der Waals surface area contributed by atoms with Crippen molar-refractivity contribution in [3.63, 3.8) is 0 Å². The Morgan fingerprint density at radius 1 is 1.41 bits per heavy atom. The Balaban J connectivity index is 2.95. The smallest absolute Gasteiger partial charge is 0.252 e. The van der Waals surface area contributed by atoms with Crippen molar-refractivity contribution in [2.45, 2.75) is 25.8 Å². The SMILES string of the molecule is CCC(C)(C#N)NC(=O)c1cc(F)cc(F)c1. The average molecular weight is 238 g/mol. The lowest BCUT2D eigenvalue weighted by Crippen LogP contribution is -2.44. The third-order valence-electron chi connectivity index (χ3n) is 2.47. The lowest BCUT2D eigenvalue weighted by Gasteiger charge is -2.21. The van der Waals surface area contributed by atoms with Crippen LogP contribution in [0, 0.1) is 23.0 Å². The van der Waals surface area contributed by atoms with Gasteiger partial charge in [0.2, 0.25) is 0 Å². The highest BCUT2D eigenvalue weighted by atomic mass is 19.1.